The zero-order chi connectivity index (χ0) is 94.6. The van der Waals surface area contributed by atoms with E-state index in [4.69, 9.17) is 98.6 Å². The number of anilines is 6. The van der Waals surface area contributed by atoms with Crippen molar-refractivity contribution in [3.8, 4) is 18.0 Å². The lowest BCUT2D eigenvalue weighted by Gasteiger charge is -2.41. The number of hydrogen-bond donors (Lipinski definition) is 0. The Labute approximate surface area is 786 Å². The number of likely N-dealkylation sites (tertiary alicyclic amines) is 1. The second-order valence-electron chi connectivity index (χ2n) is 34.8. The summed E-state index contributed by atoms with van der Waals surface area (Å²) in [6.45, 7) is 41.5. The molecule has 4 aromatic heterocycles. The number of fused-ring (bicyclic) bond motifs is 8. The number of piperazine rings is 3. The fourth-order valence-electron chi connectivity index (χ4n) is 19.6. The van der Waals surface area contributed by atoms with E-state index in [1.807, 2.05) is 82.2 Å². The summed E-state index contributed by atoms with van der Waals surface area (Å²) < 4.78 is 119. The van der Waals surface area contributed by atoms with Gasteiger partial charge in [0.25, 0.3) is 17.7 Å². The summed E-state index contributed by atoms with van der Waals surface area (Å²) in [4.78, 5) is 100. The van der Waals surface area contributed by atoms with E-state index in [0.717, 1.165) is 67.1 Å². The smallest absolute Gasteiger partial charge is 0.318 e. The Morgan fingerprint density at radius 2 is 0.881 bits per heavy atom. The third-order valence-electron chi connectivity index (χ3n) is 26.8. The maximum Gasteiger partial charge on any atom is 0.318 e. The zero-order valence-corrected chi connectivity index (χ0v) is 76.7. The molecule has 8 aliphatic rings. The minimum absolute atomic E-state index is 0.00969. The molecule has 5 fully saturated rings. The zero-order valence-electron chi connectivity index (χ0n) is 74.5. The molecular formula is C97H99Cl3F7N21O6. The molecule has 7 aliphatic heterocycles. The lowest BCUT2D eigenvalue weighted by Crippen LogP contribution is -2.57. The minimum Gasteiger partial charge on any atom is -0.463 e. The lowest BCUT2D eigenvalue weighted by molar-refractivity contribution is -0.131. The van der Waals surface area contributed by atoms with E-state index in [9.17, 15) is 45.1 Å². The van der Waals surface area contributed by atoms with Crippen LogP contribution in [0.1, 0.15) is 72.7 Å². The molecule has 4 saturated heterocycles. The Hall–Kier alpha value is -12.8. The van der Waals surface area contributed by atoms with Crippen molar-refractivity contribution in [1.29, 1.82) is 0 Å². The molecule has 27 nitrogen and oxygen atoms in total. The molecule has 2 bridgehead atoms. The Kier molecular flexibility index (Phi) is 28.8. The van der Waals surface area contributed by atoms with Crippen LogP contribution in [0.15, 0.2) is 141 Å². The van der Waals surface area contributed by atoms with Gasteiger partial charge in [0.15, 0.2) is 17.5 Å². The number of aromatic nitrogens is 8. The average molecular weight is 1890 g/mol. The van der Waals surface area contributed by atoms with Crippen molar-refractivity contribution in [2.24, 2.45) is 18.9 Å². The number of likely N-dealkylation sites (N-methyl/N-ethyl adjacent to an activating group) is 1. The number of nitrogens with zero attached hydrogens (tertiary/aromatic N) is 21. The van der Waals surface area contributed by atoms with Gasteiger partial charge in [0.1, 0.15) is 71.6 Å². The molecule has 8 atom stereocenters. The lowest BCUT2D eigenvalue weighted by atomic mass is 10.00. The summed E-state index contributed by atoms with van der Waals surface area (Å²) in [5.74, 6) is -3.95. The largest absolute Gasteiger partial charge is 0.463 e. The van der Waals surface area contributed by atoms with Crippen LogP contribution in [0.25, 0.3) is 46.9 Å². The molecule has 10 aromatic rings. The Bertz CT molecular complexity index is 6350. The molecule has 6 aromatic carbocycles. The first-order chi connectivity index (χ1) is 64.6. The van der Waals surface area contributed by atoms with E-state index < -0.39 is 82.9 Å². The van der Waals surface area contributed by atoms with Gasteiger partial charge in [0, 0.05) is 172 Å². The molecule has 0 N–H and O–H groups in total. The summed E-state index contributed by atoms with van der Waals surface area (Å²) in [5.41, 5.74) is 7.41. The monoisotopic (exact) mass is 1890 g/mol. The SMILES string of the molecule is [C-]#[N+]C[C@H]1CN(c2nc(OCC(C)C(C)F)nc3c2CCN(c2cccc4ccc(F)c(Cl)c24)C3)CCN1C(=O)C(=C)F.[C-]#[N+]C[C@H]1CN(c2nc(OCCc3nccn3C)nc3c2CCN(c2cccc4ccc(F)c(Cl)c24)C3)CCN1C(=O)C(=C)F.[C-]#[N+]C[C@H]1CN(c2nc(OC[C@@H]3[C@@H]4CCC(C4)N3C)nc3c2CCN(c2cccc4ccc(F)c(Cl)c24)C3)CCN1C(=O)C(=C)F. The predicted molar refractivity (Wildman–Crippen MR) is 501 cm³/mol. The minimum atomic E-state index is -1.09. The van der Waals surface area contributed by atoms with Gasteiger partial charge < -0.3 is 77.4 Å². The van der Waals surface area contributed by atoms with Crippen LogP contribution in [-0.4, -0.2) is 238 Å². The molecule has 11 heterocycles. The average Bonchev–Trinajstić information content (AvgIpc) is 1.07. The molecule has 0 radical (unpaired) electrons. The van der Waals surface area contributed by atoms with Crippen molar-refractivity contribution < 1.29 is 59.3 Å². The van der Waals surface area contributed by atoms with E-state index in [1.165, 1.54) is 59.1 Å². The third-order valence-corrected chi connectivity index (χ3v) is 27.9. The predicted octanol–water partition coefficient (Wildman–Crippen LogP) is 15.8. The number of rotatable bonds is 23. The number of hydrogen-bond acceptors (Lipinski definition) is 20. The van der Waals surface area contributed by atoms with Gasteiger partial charge in [-0.25, -0.2) is 55.4 Å². The summed E-state index contributed by atoms with van der Waals surface area (Å²) in [7, 11) is 4.08. The molecule has 1 saturated carbocycles. The number of imidazole rings is 1. The normalized spacial score (nSPS) is 19.7. The fourth-order valence-corrected chi connectivity index (χ4v) is 20.4. The van der Waals surface area contributed by atoms with Crippen LogP contribution >= 0.6 is 34.8 Å². The molecule has 698 valence electrons. The van der Waals surface area contributed by atoms with E-state index >= 15 is 0 Å². The summed E-state index contributed by atoms with van der Waals surface area (Å²) in [5, 5.41) is 4.63. The maximum absolute atomic E-state index is 14.6. The van der Waals surface area contributed by atoms with Crippen LogP contribution in [0, 0.1) is 49.0 Å². The van der Waals surface area contributed by atoms with E-state index in [2.05, 4.69) is 70.8 Å². The number of aryl methyl sites for hydroxylation is 1. The summed E-state index contributed by atoms with van der Waals surface area (Å²) >= 11 is 19.4. The first-order valence-electron chi connectivity index (χ1n) is 44.5. The molecule has 18 rings (SSSR count). The molecule has 3 unspecified atom stereocenters. The van der Waals surface area contributed by atoms with Crippen molar-refractivity contribution in [3.63, 3.8) is 0 Å². The summed E-state index contributed by atoms with van der Waals surface area (Å²) in [6, 6.07) is 26.3. The standard InChI is InChI=1S/C34H36ClF2N7O2.C32H31ClF2N8O2.C31H32ClF3N6O2/c1-20(36)33(45)44-14-13-43(17-24(44)16-38-2)32-25-11-12-42(28-6-4-5-21-8-10-26(37)31(35)30(21)28)18-27(25)39-34(40-32)46-19-29-22-7-9-23(15-22)41(29)3;1-20(34)31(44)43-15-14-42(18-22(43)17-36-2)30-23-9-12-41(26-6-4-5-21-7-8-24(35)29(33)28(21)26)19-25(23)38-32(39-30)45-16-10-27-37-11-13-40(27)3;1-18(19(2)33)17-43-31-37-25-16-39(26-7-5-6-21-8-9-24(35)28(32)27(21)26)11-10-23(25)29(38-31)40-12-13-41(30(42)20(3)34)22(15-40)14-36-4/h4-6,8,10,22-24,29H,1,7,9,11-19H2,3H3;4-8,11,13,22H,1,9-10,12,14-19H2,3H3;5-9,18-19,22H,3,10-17H2,1-2H3/t22-,23?,24+,29-;22-;18?,19?,22-/m100/s1. The molecule has 37 heteroatoms. The Balaban J connectivity index is 0.000000146. The Morgan fingerprint density at radius 1 is 0.500 bits per heavy atom. The van der Waals surface area contributed by atoms with Crippen molar-refractivity contribution in [3.05, 3.63) is 247 Å². The van der Waals surface area contributed by atoms with Gasteiger partial charge in [-0.1, -0.05) is 116 Å². The number of halogens is 10. The van der Waals surface area contributed by atoms with Crippen LogP contribution in [0.3, 0.4) is 0 Å². The highest BCUT2D eigenvalue weighted by molar-refractivity contribution is 6.38. The van der Waals surface area contributed by atoms with E-state index in [0.29, 0.717) is 168 Å². The van der Waals surface area contributed by atoms with Crippen LogP contribution in [0.5, 0.6) is 18.0 Å². The number of piperidine rings is 1. The van der Waals surface area contributed by atoms with Crippen molar-refractivity contribution in [2.45, 2.75) is 115 Å². The van der Waals surface area contributed by atoms with E-state index in [-0.39, 0.29) is 85.5 Å². The number of carbonyl (C=O) groups is 3. The highest BCUT2D eigenvalue weighted by Gasteiger charge is 2.46. The quantitative estimate of drug-likeness (QED) is 0.0330. The van der Waals surface area contributed by atoms with Crippen LogP contribution < -0.4 is 43.6 Å². The number of ether oxygens (including phenoxy) is 3. The number of alkyl halides is 1. The molecule has 0 spiro atoms. The van der Waals surface area contributed by atoms with Crippen molar-refractivity contribution >= 4 is 119 Å². The molecular weight excluding hydrogens is 1790 g/mol. The topological polar surface area (TPSA) is 220 Å². The molecule has 3 amide bonds. The first-order valence-corrected chi connectivity index (χ1v) is 45.7. The van der Waals surface area contributed by atoms with Crippen LogP contribution in [0.2, 0.25) is 15.1 Å². The molecule has 134 heavy (non-hydrogen) atoms. The van der Waals surface area contributed by atoms with Crippen LogP contribution in [-0.2, 0) is 66.7 Å². The highest BCUT2D eigenvalue weighted by Crippen LogP contribution is 2.46. The third kappa shape index (κ3) is 19.8. The van der Waals surface area contributed by atoms with Crippen molar-refractivity contribution in [2.75, 3.05) is 154 Å². The second kappa shape index (κ2) is 41.0. The fraction of sp³-hybridized carbons (Fsp3) is 0.412. The number of amides is 3. The van der Waals surface area contributed by atoms with Gasteiger partial charge in [0.2, 0.25) is 19.6 Å². The molecule has 1 aliphatic carbocycles. The highest BCUT2D eigenvalue weighted by atomic mass is 35.5. The van der Waals surface area contributed by atoms with Gasteiger partial charge >= 0.3 is 18.0 Å². The Morgan fingerprint density at radius 3 is 1.22 bits per heavy atom. The maximum atomic E-state index is 14.6. The second-order valence-corrected chi connectivity index (χ2v) is 35.9. The summed E-state index contributed by atoms with van der Waals surface area (Å²) in [6.07, 6.45) is 8.41. The van der Waals surface area contributed by atoms with Gasteiger partial charge in [-0.15, -0.1) is 0 Å². The number of carbonyl (C=O) groups excluding carboxylic acids is 3. The van der Waals surface area contributed by atoms with Gasteiger partial charge in [-0.2, -0.15) is 29.9 Å². The van der Waals surface area contributed by atoms with Gasteiger partial charge in [-0.3, -0.25) is 19.3 Å². The number of benzene rings is 6. The van der Waals surface area contributed by atoms with Gasteiger partial charge in [-0.05, 0) is 111 Å². The van der Waals surface area contributed by atoms with Crippen molar-refractivity contribution in [1.82, 2.24) is 59.1 Å². The first kappa shape index (κ1) is 94.4. The van der Waals surface area contributed by atoms with Gasteiger partial charge in [0.05, 0.1) is 65.0 Å². The van der Waals surface area contributed by atoms with E-state index in [1.54, 1.807) is 31.3 Å². The van der Waals surface area contributed by atoms with Crippen LogP contribution in [0.4, 0.5) is 65.2 Å².